The lowest BCUT2D eigenvalue weighted by atomic mass is 9.95. The lowest BCUT2D eigenvalue weighted by Gasteiger charge is -2.24. The van der Waals surface area contributed by atoms with Crippen molar-refractivity contribution in [1.29, 1.82) is 0 Å². The van der Waals surface area contributed by atoms with Crippen LogP contribution in [-0.4, -0.2) is 18.0 Å². The SMILES string of the molecule is NC(=O)NC(=O)[C@@H]1Cc2ccccc2CN1. The Morgan fingerprint density at radius 2 is 2.00 bits per heavy atom. The maximum atomic E-state index is 11.5. The van der Waals surface area contributed by atoms with Gasteiger partial charge in [-0.1, -0.05) is 24.3 Å². The first-order valence-electron chi connectivity index (χ1n) is 5.07. The molecule has 2 rings (SSSR count). The van der Waals surface area contributed by atoms with Gasteiger partial charge in [-0.15, -0.1) is 0 Å². The number of rotatable bonds is 1. The zero-order valence-electron chi connectivity index (χ0n) is 8.69. The molecule has 0 fully saturated rings. The van der Waals surface area contributed by atoms with E-state index in [-0.39, 0.29) is 11.9 Å². The number of nitrogens with one attached hydrogen (secondary N) is 2. The fourth-order valence-electron chi connectivity index (χ4n) is 1.85. The Morgan fingerprint density at radius 3 is 2.69 bits per heavy atom. The number of urea groups is 1. The zero-order valence-corrected chi connectivity index (χ0v) is 8.69. The lowest BCUT2D eigenvalue weighted by molar-refractivity contribution is -0.122. The fourth-order valence-corrected chi connectivity index (χ4v) is 1.85. The van der Waals surface area contributed by atoms with Crippen molar-refractivity contribution in [1.82, 2.24) is 10.6 Å². The molecule has 3 amide bonds. The quantitative estimate of drug-likeness (QED) is 0.616. The van der Waals surface area contributed by atoms with Gasteiger partial charge in [0.2, 0.25) is 5.91 Å². The van der Waals surface area contributed by atoms with Gasteiger partial charge in [-0.25, -0.2) is 4.79 Å². The number of hydrogen-bond donors (Lipinski definition) is 3. The molecule has 84 valence electrons. The average Bonchev–Trinajstić information content (AvgIpc) is 2.27. The number of nitrogens with two attached hydrogens (primary N) is 1. The second kappa shape index (κ2) is 4.32. The highest BCUT2D eigenvalue weighted by molar-refractivity contribution is 5.96. The molecule has 5 heteroatoms. The minimum atomic E-state index is -0.814. The Bertz CT molecular complexity index is 431. The van der Waals surface area contributed by atoms with E-state index in [1.54, 1.807) is 0 Å². The molecule has 1 aliphatic rings. The van der Waals surface area contributed by atoms with Gasteiger partial charge in [0.25, 0.3) is 0 Å². The smallest absolute Gasteiger partial charge is 0.318 e. The van der Waals surface area contributed by atoms with Crippen molar-refractivity contribution in [3.05, 3.63) is 35.4 Å². The predicted molar refractivity (Wildman–Crippen MR) is 58.5 cm³/mol. The van der Waals surface area contributed by atoms with Gasteiger partial charge in [-0.2, -0.15) is 0 Å². The van der Waals surface area contributed by atoms with Crippen molar-refractivity contribution in [2.45, 2.75) is 19.0 Å². The van der Waals surface area contributed by atoms with Crippen LogP contribution in [0.5, 0.6) is 0 Å². The van der Waals surface area contributed by atoms with Crippen LogP contribution in [0.15, 0.2) is 24.3 Å². The Kier molecular flexibility index (Phi) is 2.87. The number of fused-ring (bicyclic) bond motifs is 1. The number of amides is 3. The standard InChI is InChI=1S/C11H13N3O2/c12-11(16)14-10(15)9-5-7-3-1-2-4-8(7)6-13-9/h1-4,9,13H,5-6H2,(H3,12,14,15,16)/t9-/m0/s1. The normalized spacial score (nSPS) is 18.6. The third-order valence-corrected chi connectivity index (χ3v) is 2.64. The second-order valence-corrected chi connectivity index (χ2v) is 3.76. The van der Waals surface area contributed by atoms with Gasteiger partial charge >= 0.3 is 6.03 Å². The van der Waals surface area contributed by atoms with E-state index >= 15 is 0 Å². The van der Waals surface area contributed by atoms with Crippen LogP contribution in [0, 0.1) is 0 Å². The maximum Gasteiger partial charge on any atom is 0.318 e. The molecule has 1 aliphatic heterocycles. The van der Waals surface area contributed by atoms with Crippen molar-refractivity contribution < 1.29 is 9.59 Å². The van der Waals surface area contributed by atoms with Crippen molar-refractivity contribution in [2.75, 3.05) is 0 Å². The molecule has 0 bridgehead atoms. The first-order valence-corrected chi connectivity index (χ1v) is 5.07. The summed E-state index contributed by atoms with van der Waals surface area (Å²) in [6, 6.07) is 6.70. The molecule has 1 atom stereocenters. The minimum Gasteiger partial charge on any atom is -0.351 e. The van der Waals surface area contributed by atoms with Gasteiger partial charge in [-0.05, 0) is 17.5 Å². The summed E-state index contributed by atoms with van der Waals surface area (Å²) in [5, 5.41) is 5.14. The highest BCUT2D eigenvalue weighted by Crippen LogP contribution is 2.15. The van der Waals surface area contributed by atoms with E-state index < -0.39 is 6.03 Å². The molecule has 0 saturated carbocycles. The number of primary amides is 1. The zero-order chi connectivity index (χ0) is 11.5. The van der Waals surface area contributed by atoms with E-state index in [9.17, 15) is 9.59 Å². The number of carbonyl (C=O) groups excluding carboxylic acids is 2. The molecule has 0 saturated heterocycles. The molecule has 0 radical (unpaired) electrons. The van der Waals surface area contributed by atoms with Gasteiger partial charge in [0, 0.05) is 6.54 Å². The van der Waals surface area contributed by atoms with Gasteiger partial charge in [0.05, 0.1) is 6.04 Å². The highest BCUT2D eigenvalue weighted by atomic mass is 16.2. The Balaban J connectivity index is 2.08. The van der Waals surface area contributed by atoms with Crippen molar-refractivity contribution in [2.24, 2.45) is 5.73 Å². The topological polar surface area (TPSA) is 84.2 Å². The predicted octanol–water partition coefficient (Wildman–Crippen LogP) is -0.104. The Labute approximate surface area is 93.0 Å². The molecule has 0 aliphatic carbocycles. The molecule has 5 nitrogen and oxygen atoms in total. The summed E-state index contributed by atoms with van der Waals surface area (Å²) in [6.07, 6.45) is 0.579. The first kappa shape index (κ1) is 10.6. The summed E-state index contributed by atoms with van der Waals surface area (Å²) in [4.78, 5) is 22.1. The molecule has 0 aromatic heterocycles. The van der Waals surface area contributed by atoms with E-state index in [2.05, 4.69) is 10.6 Å². The van der Waals surface area contributed by atoms with E-state index in [0.717, 1.165) is 5.56 Å². The van der Waals surface area contributed by atoms with Crippen LogP contribution < -0.4 is 16.4 Å². The van der Waals surface area contributed by atoms with E-state index in [1.165, 1.54) is 5.56 Å². The van der Waals surface area contributed by atoms with Gasteiger partial charge < -0.3 is 11.1 Å². The van der Waals surface area contributed by atoms with Crippen LogP contribution >= 0.6 is 0 Å². The Morgan fingerprint density at radius 1 is 1.31 bits per heavy atom. The third-order valence-electron chi connectivity index (χ3n) is 2.64. The fraction of sp³-hybridized carbons (Fsp3) is 0.273. The highest BCUT2D eigenvalue weighted by Gasteiger charge is 2.24. The van der Waals surface area contributed by atoms with Gasteiger partial charge in [-0.3, -0.25) is 10.1 Å². The molecule has 16 heavy (non-hydrogen) atoms. The van der Waals surface area contributed by atoms with E-state index in [0.29, 0.717) is 13.0 Å². The monoisotopic (exact) mass is 219 g/mol. The molecule has 4 N–H and O–H groups in total. The summed E-state index contributed by atoms with van der Waals surface area (Å²) in [5.74, 6) is -0.373. The van der Waals surface area contributed by atoms with Crippen LogP contribution in [0.25, 0.3) is 0 Å². The van der Waals surface area contributed by atoms with E-state index in [4.69, 9.17) is 5.73 Å². The number of imide groups is 1. The average molecular weight is 219 g/mol. The molecular formula is C11H13N3O2. The summed E-state index contributed by atoms with van der Waals surface area (Å²) in [5.41, 5.74) is 7.21. The number of carbonyl (C=O) groups is 2. The lowest BCUT2D eigenvalue weighted by Crippen LogP contribution is -2.50. The first-order chi connectivity index (χ1) is 7.66. The van der Waals surface area contributed by atoms with Crippen LogP contribution in [0.1, 0.15) is 11.1 Å². The van der Waals surface area contributed by atoms with Crippen LogP contribution in [0.2, 0.25) is 0 Å². The molecule has 1 heterocycles. The van der Waals surface area contributed by atoms with Crippen molar-refractivity contribution in [3.63, 3.8) is 0 Å². The van der Waals surface area contributed by atoms with Gasteiger partial charge in [0.15, 0.2) is 0 Å². The summed E-state index contributed by atoms with van der Waals surface area (Å²) >= 11 is 0. The third kappa shape index (κ3) is 2.20. The maximum absolute atomic E-state index is 11.5. The number of benzene rings is 1. The minimum absolute atomic E-state index is 0.373. The Hall–Kier alpha value is -1.88. The molecule has 1 aromatic rings. The molecule has 0 unspecified atom stereocenters. The van der Waals surface area contributed by atoms with Crippen molar-refractivity contribution in [3.8, 4) is 0 Å². The largest absolute Gasteiger partial charge is 0.351 e. The second-order valence-electron chi connectivity index (χ2n) is 3.76. The molecular weight excluding hydrogens is 206 g/mol. The molecule has 1 aromatic carbocycles. The van der Waals surface area contributed by atoms with Crippen molar-refractivity contribution >= 4 is 11.9 Å². The van der Waals surface area contributed by atoms with E-state index in [1.807, 2.05) is 24.3 Å². The summed E-state index contributed by atoms with van der Waals surface area (Å²) < 4.78 is 0. The van der Waals surface area contributed by atoms with Crippen LogP contribution in [0.4, 0.5) is 4.79 Å². The van der Waals surface area contributed by atoms with Gasteiger partial charge in [0.1, 0.15) is 0 Å². The van der Waals surface area contributed by atoms with Crippen LogP contribution in [0.3, 0.4) is 0 Å². The van der Waals surface area contributed by atoms with Crippen LogP contribution in [-0.2, 0) is 17.8 Å². The summed E-state index contributed by atoms with van der Waals surface area (Å²) in [6.45, 7) is 0.632. The number of hydrogen-bond acceptors (Lipinski definition) is 3. The summed E-state index contributed by atoms with van der Waals surface area (Å²) in [7, 11) is 0. The molecule has 0 spiro atoms.